The predicted molar refractivity (Wildman–Crippen MR) is 107 cm³/mol. The first kappa shape index (κ1) is 19.1. The van der Waals surface area contributed by atoms with Crippen LogP contribution >= 0.6 is 0 Å². The molecule has 0 aliphatic carbocycles. The van der Waals surface area contributed by atoms with E-state index in [2.05, 4.69) is 37.8 Å². The molecule has 0 radical (unpaired) electrons. The van der Waals surface area contributed by atoms with Gasteiger partial charge < -0.3 is 9.47 Å². The summed E-state index contributed by atoms with van der Waals surface area (Å²) in [6.45, 7) is 2.27. The van der Waals surface area contributed by atoms with Crippen LogP contribution in [0.15, 0.2) is 58.4 Å². The zero-order valence-electron chi connectivity index (χ0n) is 15.7. The summed E-state index contributed by atoms with van der Waals surface area (Å²) < 4.78 is 11.3. The number of hydrazone groups is 1. The van der Waals surface area contributed by atoms with Gasteiger partial charge in [-0.2, -0.15) is 15.2 Å². The SMILES string of the molecule is COc1cc(/C=N\Nc2nc(=O)[nH]nc2C)ccc1OCCc1ccccc1. The van der Waals surface area contributed by atoms with E-state index < -0.39 is 5.69 Å². The number of aromatic nitrogens is 3. The minimum atomic E-state index is -0.540. The standard InChI is InChI=1S/C20H21N5O3/c1-14-19(22-20(26)25-23-14)24-21-13-16-8-9-17(18(12-16)27-2)28-11-10-15-6-4-3-5-7-15/h3-9,12-13H,10-11H2,1-2H3,(H2,22,24,25,26)/b21-13-. The van der Waals surface area contributed by atoms with Crippen LogP contribution in [0.2, 0.25) is 0 Å². The van der Waals surface area contributed by atoms with Crippen molar-refractivity contribution in [2.24, 2.45) is 5.10 Å². The molecular formula is C20H21N5O3. The van der Waals surface area contributed by atoms with Crippen molar-refractivity contribution in [1.29, 1.82) is 0 Å². The molecular weight excluding hydrogens is 358 g/mol. The van der Waals surface area contributed by atoms with Gasteiger partial charge in [0.25, 0.3) is 0 Å². The van der Waals surface area contributed by atoms with Gasteiger partial charge in [-0.3, -0.25) is 5.43 Å². The van der Waals surface area contributed by atoms with Gasteiger partial charge in [-0.1, -0.05) is 30.3 Å². The van der Waals surface area contributed by atoms with Gasteiger partial charge in [-0.25, -0.2) is 9.89 Å². The predicted octanol–water partition coefficient (Wildman–Crippen LogP) is 2.55. The first-order valence-electron chi connectivity index (χ1n) is 8.73. The van der Waals surface area contributed by atoms with Gasteiger partial charge in [0.1, 0.15) is 5.69 Å². The molecule has 0 bridgehead atoms. The van der Waals surface area contributed by atoms with Crippen molar-refractivity contribution in [2.75, 3.05) is 19.1 Å². The van der Waals surface area contributed by atoms with Crippen LogP contribution in [0.4, 0.5) is 5.82 Å². The van der Waals surface area contributed by atoms with Crippen LogP contribution in [-0.2, 0) is 6.42 Å². The number of hydrogen-bond acceptors (Lipinski definition) is 7. The summed E-state index contributed by atoms with van der Waals surface area (Å²) >= 11 is 0. The summed E-state index contributed by atoms with van der Waals surface area (Å²) in [5, 5.41) is 10.2. The Labute approximate surface area is 162 Å². The number of H-pyrrole nitrogens is 1. The highest BCUT2D eigenvalue weighted by Gasteiger charge is 2.06. The van der Waals surface area contributed by atoms with Crippen LogP contribution in [0.5, 0.6) is 11.5 Å². The third-order valence-corrected chi connectivity index (χ3v) is 3.94. The van der Waals surface area contributed by atoms with Gasteiger partial charge in [-0.05, 0) is 36.2 Å². The Morgan fingerprint density at radius 1 is 1.18 bits per heavy atom. The average molecular weight is 379 g/mol. The molecule has 8 heteroatoms. The van der Waals surface area contributed by atoms with E-state index in [1.165, 1.54) is 5.56 Å². The average Bonchev–Trinajstić information content (AvgIpc) is 2.72. The zero-order valence-corrected chi connectivity index (χ0v) is 15.7. The summed E-state index contributed by atoms with van der Waals surface area (Å²) in [4.78, 5) is 15.0. The third-order valence-electron chi connectivity index (χ3n) is 3.94. The first-order valence-corrected chi connectivity index (χ1v) is 8.73. The van der Waals surface area contributed by atoms with Crippen molar-refractivity contribution >= 4 is 12.0 Å². The molecule has 0 amide bonds. The van der Waals surface area contributed by atoms with Gasteiger partial charge in [0.2, 0.25) is 0 Å². The van der Waals surface area contributed by atoms with E-state index in [0.29, 0.717) is 29.6 Å². The molecule has 8 nitrogen and oxygen atoms in total. The molecule has 2 N–H and O–H groups in total. The molecule has 144 valence electrons. The largest absolute Gasteiger partial charge is 0.493 e. The molecule has 0 spiro atoms. The monoisotopic (exact) mass is 379 g/mol. The van der Waals surface area contributed by atoms with E-state index in [1.807, 2.05) is 36.4 Å². The second-order valence-electron chi connectivity index (χ2n) is 5.94. The minimum Gasteiger partial charge on any atom is -0.493 e. The summed E-state index contributed by atoms with van der Waals surface area (Å²) in [6, 6.07) is 15.7. The van der Waals surface area contributed by atoms with E-state index >= 15 is 0 Å². The minimum absolute atomic E-state index is 0.299. The molecule has 0 aliphatic rings. The molecule has 3 rings (SSSR count). The van der Waals surface area contributed by atoms with Gasteiger partial charge in [-0.15, -0.1) is 0 Å². The second kappa shape index (κ2) is 9.31. The van der Waals surface area contributed by atoms with Crippen LogP contribution in [0.3, 0.4) is 0 Å². The lowest BCUT2D eigenvalue weighted by molar-refractivity contribution is 0.297. The number of methoxy groups -OCH3 is 1. The fourth-order valence-electron chi connectivity index (χ4n) is 2.47. The van der Waals surface area contributed by atoms with E-state index in [9.17, 15) is 4.79 Å². The molecule has 1 heterocycles. The molecule has 0 aliphatic heterocycles. The fourth-order valence-corrected chi connectivity index (χ4v) is 2.47. The molecule has 0 unspecified atom stereocenters. The topological polar surface area (TPSA) is 101 Å². The Kier molecular flexibility index (Phi) is 6.35. The normalized spacial score (nSPS) is 10.8. The molecule has 0 saturated carbocycles. The lowest BCUT2D eigenvalue weighted by atomic mass is 10.2. The molecule has 0 atom stereocenters. The van der Waals surface area contributed by atoms with Crippen molar-refractivity contribution in [3.05, 3.63) is 75.8 Å². The van der Waals surface area contributed by atoms with E-state index in [4.69, 9.17) is 9.47 Å². The van der Waals surface area contributed by atoms with E-state index in [-0.39, 0.29) is 0 Å². The molecule has 2 aromatic carbocycles. The van der Waals surface area contributed by atoms with Gasteiger partial charge >= 0.3 is 5.69 Å². The quantitative estimate of drug-likeness (QED) is 0.461. The number of nitrogens with one attached hydrogen (secondary N) is 2. The number of hydrogen-bond donors (Lipinski definition) is 2. The number of benzene rings is 2. The molecule has 0 saturated heterocycles. The highest BCUT2D eigenvalue weighted by Crippen LogP contribution is 2.27. The van der Waals surface area contributed by atoms with Gasteiger partial charge in [0.05, 0.1) is 19.9 Å². The lowest BCUT2D eigenvalue weighted by Crippen LogP contribution is -2.15. The number of ether oxygens (including phenoxy) is 2. The Balaban J connectivity index is 1.62. The van der Waals surface area contributed by atoms with E-state index in [1.54, 1.807) is 20.2 Å². The summed E-state index contributed by atoms with van der Waals surface area (Å²) in [6.07, 6.45) is 2.41. The van der Waals surface area contributed by atoms with E-state index in [0.717, 1.165) is 12.0 Å². The highest BCUT2D eigenvalue weighted by molar-refractivity contribution is 5.81. The number of nitrogens with zero attached hydrogens (tertiary/aromatic N) is 3. The van der Waals surface area contributed by atoms with Crippen LogP contribution in [0, 0.1) is 6.92 Å². The van der Waals surface area contributed by atoms with Crippen molar-refractivity contribution < 1.29 is 9.47 Å². The maximum absolute atomic E-state index is 11.2. The van der Waals surface area contributed by atoms with Crippen LogP contribution in [-0.4, -0.2) is 35.1 Å². The summed E-state index contributed by atoms with van der Waals surface area (Å²) in [5.41, 5.74) is 4.73. The highest BCUT2D eigenvalue weighted by atomic mass is 16.5. The smallest absolute Gasteiger partial charge is 0.363 e. The van der Waals surface area contributed by atoms with Gasteiger partial charge in [0, 0.05) is 6.42 Å². The number of rotatable bonds is 8. The molecule has 28 heavy (non-hydrogen) atoms. The Morgan fingerprint density at radius 2 is 2.00 bits per heavy atom. The second-order valence-corrected chi connectivity index (χ2v) is 5.94. The number of anilines is 1. The summed E-state index contributed by atoms with van der Waals surface area (Å²) in [7, 11) is 1.59. The number of aromatic amines is 1. The van der Waals surface area contributed by atoms with Crippen molar-refractivity contribution in [3.8, 4) is 11.5 Å². The van der Waals surface area contributed by atoms with Crippen molar-refractivity contribution in [2.45, 2.75) is 13.3 Å². The van der Waals surface area contributed by atoms with Crippen molar-refractivity contribution in [3.63, 3.8) is 0 Å². The zero-order chi connectivity index (χ0) is 19.8. The molecule has 1 aromatic heterocycles. The maximum Gasteiger partial charge on any atom is 0.363 e. The third kappa shape index (κ3) is 5.16. The Hall–Kier alpha value is -3.68. The van der Waals surface area contributed by atoms with Crippen LogP contribution in [0.1, 0.15) is 16.8 Å². The molecule has 3 aromatic rings. The fraction of sp³-hybridized carbons (Fsp3) is 0.200. The Morgan fingerprint density at radius 3 is 2.79 bits per heavy atom. The van der Waals surface area contributed by atoms with Crippen LogP contribution < -0.4 is 20.6 Å². The number of aryl methyl sites for hydroxylation is 1. The first-order chi connectivity index (χ1) is 13.7. The molecule has 0 fully saturated rings. The maximum atomic E-state index is 11.2. The Bertz CT molecular complexity index is 1000. The lowest BCUT2D eigenvalue weighted by Gasteiger charge is -2.11. The van der Waals surface area contributed by atoms with Crippen LogP contribution in [0.25, 0.3) is 0 Å². The summed E-state index contributed by atoms with van der Waals surface area (Å²) in [5.74, 6) is 1.58. The van der Waals surface area contributed by atoms with Gasteiger partial charge in [0.15, 0.2) is 17.3 Å². The van der Waals surface area contributed by atoms with Crippen molar-refractivity contribution in [1.82, 2.24) is 15.2 Å².